The molecule has 1 aliphatic heterocycles. The molecule has 0 bridgehead atoms. The van der Waals surface area contributed by atoms with E-state index in [-0.39, 0.29) is 0 Å². The number of benzene rings is 4. The summed E-state index contributed by atoms with van der Waals surface area (Å²) in [6.45, 7) is 1.90. The zero-order chi connectivity index (χ0) is 26.8. The molecule has 2 heterocycles. The number of hydrogen-bond acceptors (Lipinski definition) is 1. The van der Waals surface area contributed by atoms with Crippen molar-refractivity contribution in [2.24, 2.45) is 4.99 Å². The second-order valence-corrected chi connectivity index (χ2v) is 9.43. The monoisotopic (exact) mass is 510 g/mol. The van der Waals surface area contributed by atoms with Crippen LogP contribution < -0.4 is 0 Å². The number of aliphatic imine (C=N–C) groups is 1. The highest BCUT2D eigenvalue weighted by Crippen LogP contribution is 2.42. The van der Waals surface area contributed by atoms with E-state index in [0.29, 0.717) is 22.7 Å². The molecule has 188 valence electrons. The number of allylic oxidation sites excluding steroid dienone is 3. The van der Waals surface area contributed by atoms with Crippen LogP contribution in [0.2, 0.25) is 0 Å². The van der Waals surface area contributed by atoms with Crippen molar-refractivity contribution in [2.45, 2.75) is 6.92 Å². The lowest BCUT2D eigenvalue weighted by atomic mass is 9.95. The lowest BCUT2D eigenvalue weighted by molar-refractivity contribution is 0.630. The topological polar surface area (TPSA) is 17.3 Å². The molecular weight excluding hydrogens is 485 g/mol. The molecule has 6 rings (SSSR count). The third-order valence-corrected chi connectivity index (χ3v) is 7.02. The van der Waals surface area contributed by atoms with Gasteiger partial charge in [-0.3, -0.25) is 8.63 Å². The summed E-state index contributed by atoms with van der Waals surface area (Å²) in [7, 11) is -2.74. The number of rotatable bonds is 6. The van der Waals surface area contributed by atoms with Gasteiger partial charge in [0, 0.05) is 28.1 Å². The molecule has 1 aromatic heterocycles. The number of aromatic nitrogens is 1. The van der Waals surface area contributed by atoms with Crippen LogP contribution >= 0.6 is 0 Å². The summed E-state index contributed by atoms with van der Waals surface area (Å²) in [4.78, 5) is 5.06. The SMILES string of the molecule is C/C(=C1/N=C(c2ccccc2)C=C1c1ccccc1)c1c(-c2ccccc2)cc(-c2ccccc2)n1B(F)F. The molecule has 4 aromatic carbocycles. The fourth-order valence-electron chi connectivity index (χ4n) is 5.19. The van der Waals surface area contributed by atoms with Crippen LogP contribution in [0.1, 0.15) is 23.7 Å². The van der Waals surface area contributed by atoms with Crippen molar-refractivity contribution >= 4 is 24.3 Å². The molecular formula is C34H25BF2N2. The van der Waals surface area contributed by atoms with E-state index in [1.165, 1.54) is 0 Å². The van der Waals surface area contributed by atoms with Gasteiger partial charge < -0.3 is 4.48 Å². The van der Waals surface area contributed by atoms with Crippen LogP contribution in [-0.4, -0.2) is 17.6 Å². The number of halogens is 2. The molecule has 0 atom stereocenters. The largest absolute Gasteiger partial charge is 0.678 e. The molecule has 39 heavy (non-hydrogen) atoms. The quantitative estimate of drug-likeness (QED) is 0.203. The van der Waals surface area contributed by atoms with Crippen molar-refractivity contribution in [2.75, 3.05) is 0 Å². The first-order valence-corrected chi connectivity index (χ1v) is 12.9. The van der Waals surface area contributed by atoms with Gasteiger partial charge in [0.25, 0.3) is 0 Å². The summed E-state index contributed by atoms with van der Waals surface area (Å²) >= 11 is 0. The number of nitrogens with zero attached hydrogens (tertiary/aromatic N) is 2. The maximum Gasteiger partial charge on any atom is 0.678 e. The normalized spacial score (nSPS) is 14.1. The Hall–Kier alpha value is -4.77. The molecule has 5 heteroatoms. The summed E-state index contributed by atoms with van der Waals surface area (Å²) < 4.78 is 31.2. The molecule has 5 aromatic rings. The fraction of sp³-hybridized carbons (Fsp3) is 0.0294. The zero-order valence-corrected chi connectivity index (χ0v) is 21.4. The lowest BCUT2D eigenvalue weighted by Gasteiger charge is -2.16. The molecule has 0 aliphatic carbocycles. The van der Waals surface area contributed by atoms with Gasteiger partial charge in [-0.25, -0.2) is 4.99 Å². The Morgan fingerprint density at radius 2 is 1.13 bits per heavy atom. The van der Waals surface area contributed by atoms with Crippen LogP contribution in [0.25, 0.3) is 33.5 Å². The minimum absolute atomic E-state index is 0.463. The Balaban J connectivity index is 1.65. The summed E-state index contributed by atoms with van der Waals surface area (Å²) in [5.74, 6) is 0. The van der Waals surface area contributed by atoms with Crippen molar-refractivity contribution in [3.05, 3.63) is 156 Å². The third-order valence-electron chi connectivity index (χ3n) is 7.02. The highest BCUT2D eigenvalue weighted by molar-refractivity contribution is 6.42. The van der Waals surface area contributed by atoms with Crippen LogP contribution in [0.15, 0.2) is 144 Å². The van der Waals surface area contributed by atoms with Gasteiger partial charge in [0.15, 0.2) is 0 Å². The highest BCUT2D eigenvalue weighted by Gasteiger charge is 2.31. The summed E-state index contributed by atoms with van der Waals surface area (Å²) in [5, 5.41) is 0. The average molecular weight is 510 g/mol. The predicted octanol–water partition coefficient (Wildman–Crippen LogP) is 8.91. The summed E-state index contributed by atoms with van der Waals surface area (Å²) in [6, 6.07) is 40.9. The third kappa shape index (κ3) is 4.68. The predicted molar refractivity (Wildman–Crippen MR) is 159 cm³/mol. The van der Waals surface area contributed by atoms with Gasteiger partial charge in [-0.2, -0.15) is 0 Å². The van der Waals surface area contributed by atoms with Crippen molar-refractivity contribution in [3.8, 4) is 22.4 Å². The van der Waals surface area contributed by atoms with E-state index in [1.807, 2.05) is 134 Å². The van der Waals surface area contributed by atoms with Gasteiger partial charge in [-0.05, 0) is 41.3 Å². The average Bonchev–Trinajstić information content (AvgIpc) is 3.62. The first-order chi connectivity index (χ1) is 19.1. The molecule has 0 amide bonds. The molecule has 2 nitrogen and oxygen atoms in total. The Bertz CT molecular complexity index is 1700. The van der Waals surface area contributed by atoms with Crippen LogP contribution in [0.4, 0.5) is 8.63 Å². The molecule has 1 aliphatic rings. The minimum Gasteiger partial charge on any atom is -0.324 e. The Morgan fingerprint density at radius 3 is 1.67 bits per heavy atom. The van der Waals surface area contributed by atoms with Crippen molar-refractivity contribution in [1.82, 2.24) is 4.48 Å². The first kappa shape index (κ1) is 24.6. The molecule has 0 spiro atoms. The number of hydrogen-bond donors (Lipinski definition) is 0. The highest BCUT2D eigenvalue weighted by atomic mass is 19.2. The van der Waals surface area contributed by atoms with Gasteiger partial charge in [0.1, 0.15) is 0 Å². The van der Waals surface area contributed by atoms with Crippen molar-refractivity contribution in [3.63, 3.8) is 0 Å². The smallest absolute Gasteiger partial charge is 0.324 e. The van der Waals surface area contributed by atoms with Gasteiger partial charge in [-0.15, -0.1) is 0 Å². The Labute approximate surface area is 227 Å². The Morgan fingerprint density at radius 1 is 0.641 bits per heavy atom. The Kier molecular flexibility index (Phi) is 6.64. The molecule has 0 N–H and O–H groups in total. The van der Waals surface area contributed by atoms with E-state index in [4.69, 9.17) is 4.99 Å². The standard InChI is InChI=1S/C34H25BF2N2/c1-24(33-29(25-14-6-2-7-15-25)22-31(38-33)27-18-10-4-11-19-27)34-30(26-16-8-3-9-17-26)23-32(39(34)35(36)37)28-20-12-5-13-21-28/h2-23H,1H3/b33-24-. The van der Waals surface area contributed by atoms with Crippen molar-refractivity contribution < 1.29 is 8.63 Å². The van der Waals surface area contributed by atoms with E-state index in [9.17, 15) is 0 Å². The van der Waals surface area contributed by atoms with Crippen LogP contribution in [0, 0.1) is 0 Å². The fourth-order valence-corrected chi connectivity index (χ4v) is 5.19. The van der Waals surface area contributed by atoms with Gasteiger partial charge in [-0.1, -0.05) is 121 Å². The van der Waals surface area contributed by atoms with Crippen molar-refractivity contribution in [1.29, 1.82) is 0 Å². The lowest BCUT2D eigenvalue weighted by Crippen LogP contribution is -2.17. The summed E-state index contributed by atoms with van der Waals surface area (Å²) in [6.07, 6.45) is 2.06. The molecule has 0 unspecified atom stereocenters. The zero-order valence-electron chi connectivity index (χ0n) is 21.4. The summed E-state index contributed by atoms with van der Waals surface area (Å²) in [5.41, 5.74) is 8.35. The van der Waals surface area contributed by atoms with Crippen LogP contribution in [0.5, 0.6) is 0 Å². The molecule has 0 fully saturated rings. The molecule has 0 saturated heterocycles. The molecule has 0 radical (unpaired) electrons. The van der Waals surface area contributed by atoms with Crippen LogP contribution in [-0.2, 0) is 0 Å². The van der Waals surface area contributed by atoms with E-state index < -0.39 is 7.40 Å². The van der Waals surface area contributed by atoms with E-state index in [0.717, 1.165) is 43.6 Å². The van der Waals surface area contributed by atoms with E-state index >= 15 is 8.63 Å². The second kappa shape index (κ2) is 10.5. The van der Waals surface area contributed by atoms with Crippen LogP contribution in [0.3, 0.4) is 0 Å². The van der Waals surface area contributed by atoms with E-state index in [1.54, 1.807) is 0 Å². The van der Waals surface area contributed by atoms with Gasteiger partial charge in [0.2, 0.25) is 0 Å². The maximum absolute atomic E-state index is 15.0. The second-order valence-electron chi connectivity index (χ2n) is 9.43. The van der Waals surface area contributed by atoms with Gasteiger partial charge >= 0.3 is 7.40 Å². The van der Waals surface area contributed by atoms with Gasteiger partial charge in [0.05, 0.1) is 11.4 Å². The minimum atomic E-state index is -2.74. The van der Waals surface area contributed by atoms with E-state index in [2.05, 4.69) is 6.08 Å². The first-order valence-electron chi connectivity index (χ1n) is 12.9. The maximum atomic E-state index is 15.0. The molecule has 0 saturated carbocycles.